The zero-order chi connectivity index (χ0) is 15.3. The number of methoxy groups -OCH3 is 1. The highest BCUT2D eigenvalue weighted by Gasteiger charge is 2.25. The van der Waals surface area contributed by atoms with Gasteiger partial charge in [-0.15, -0.1) is 0 Å². The molecule has 0 radical (unpaired) electrons. The predicted octanol–water partition coefficient (Wildman–Crippen LogP) is 2.56. The molecule has 1 unspecified atom stereocenters. The quantitative estimate of drug-likeness (QED) is 0.618. The summed E-state index contributed by atoms with van der Waals surface area (Å²) in [5.74, 6) is 0. The van der Waals surface area contributed by atoms with Crippen LogP contribution in [0.4, 0.5) is 11.4 Å². The number of nitro groups is 1. The van der Waals surface area contributed by atoms with E-state index in [1.165, 1.54) is 6.07 Å². The third-order valence-corrected chi connectivity index (χ3v) is 3.17. The number of rotatable bonds is 6. The van der Waals surface area contributed by atoms with E-state index in [4.69, 9.17) is 9.84 Å². The van der Waals surface area contributed by atoms with Crippen LogP contribution in [0.3, 0.4) is 0 Å². The second-order valence-corrected chi connectivity index (χ2v) is 5.74. The lowest BCUT2D eigenvalue weighted by atomic mass is 9.89. The lowest BCUT2D eigenvalue weighted by Crippen LogP contribution is -2.34. The Morgan fingerprint density at radius 1 is 1.45 bits per heavy atom. The molecule has 20 heavy (non-hydrogen) atoms. The minimum atomic E-state index is -0.442. The van der Waals surface area contributed by atoms with Crippen molar-refractivity contribution in [2.75, 3.05) is 19.0 Å². The van der Waals surface area contributed by atoms with E-state index < -0.39 is 4.92 Å². The third-order valence-electron chi connectivity index (χ3n) is 3.17. The van der Waals surface area contributed by atoms with Crippen LogP contribution < -0.4 is 5.32 Å². The highest BCUT2D eigenvalue weighted by Crippen LogP contribution is 2.27. The van der Waals surface area contributed by atoms with Crippen LogP contribution in [-0.4, -0.2) is 29.8 Å². The number of ether oxygens (including phenoxy) is 1. The molecule has 0 aromatic heterocycles. The topological polar surface area (TPSA) is 84.6 Å². The van der Waals surface area contributed by atoms with Gasteiger partial charge < -0.3 is 15.2 Å². The molecular formula is C14H22N2O4. The summed E-state index contributed by atoms with van der Waals surface area (Å²) in [6, 6.07) is 4.53. The maximum Gasteiger partial charge on any atom is 0.292 e. The minimum Gasteiger partial charge on any atom is -0.392 e. The molecule has 0 heterocycles. The number of nitro benzene ring substituents is 1. The van der Waals surface area contributed by atoms with Crippen molar-refractivity contribution in [3.8, 4) is 0 Å². The molecule has 0 fully saturated rings. The van der Waals surface area contributed by atoms with Crippen molar-refractivity contribution in [1.82, 2.24) is 0 Å². The van der Waals surface area contributed by atoms with E-state index in [1.54, 1.807) is 19.2 Å². The maximum absolute atomic E-state index is 11.0. The standard InChI is InChI=1S/C14H22N2O4/c1-14(2,3)13(20-4)8-15-11-7-10(9-17)5-6-12(11)16(18)19/h5-7,13,15,17H,8-9H2,1-4H3. The molecule has 1 rings (SSSR count). The van der Waals surface area contributed by atoms with Crippen molar-refractivity contribution in [2.24, 2.45) is 5.41 Å². The van der Waals surface area contributed by atoms with E-state index in [1.807, 2.05) is 20.8 Å². The van der Waals surface area contributed by atoms with Crippen LogP contribution in [-0.2, 0) is 11.3 Å². The first kappa shape index (κ1) is 16.4. The van der Waals surface area contributed by atoms with Gasteiger partial charge in [0.1, 0.15) is 5.69 Å². The number of hydrogen-bond donors (Lipinski definition) is 2. The molecule has 1 aromatic carbocycles. The van der Waals surface area contributed by atoms with Gasteiger partial charge in [-0.05, 0) is 23.1 Å². The molecule has 2 N–H and O–H groups in total. The lowest BCUT2D eigenvalue weighted by molar-refractivity contribution is -0.384. The summed E-state index contributed by atoms with van der Waals surface area (Å²) in [5, 5.41) is 23.2. The molecule has 6 nitrogen and oxygen atoms in total. The molecule has 0 aliphatic carbocycles. The van der Waals surface area contributed by atoms with Gasteiger partial charge >= 0.3 is 0 Å². The minimum absolute atomic E-state index is 0.00837. The van der Waals surface area contributed by atoms with Gasteiger partial charge in [0.15, 0.2) is 0 Å². The summed E-state index contributed by atoms with van der Waals surface area (Å²) in [6.45, 7) is 6.43. The SMILES string of the molecule is COC(CNc1cc(CO)ccc1[N+](=O)[O-])C(C)(C)C. The molecule has 0 saturated heterocycles. The number of aliphatic hydroxyl groups excluding tert-OH is 1. The summed E-state index contributed by atoms with van der Waals surface area (Å²) in [4.78, 5) is 10.6. The molecule has 6 heteroatoms. The number of hydrogen-bond acceptors (Lipinski definition) is 5. The number of nitrogens with zero attached hydrogens (tertiary/aromatic N) is 1. The van der Waals surface area contributed by atoms with E-state index in [0.29, 0.717) is 17.8 Å². The summed E-state index contributed by atoms with van der Waals surface area (Å²) in [5.41, 5.74) is 0.937. The Bertz CT molecular complexity index is 469. The summed E-state index contributed by atoms with van der Waals surface area (Å²) >= 11 is 0. The van der Waals surface area contributed by atoms with Gasteiger partial charge in [0.25, 0.3) is 5.69 Å². The molecule has 0 aliphatic rings. The lowest BCUT2D eigenvalue weighted by Gasteiger charge is -2.29. The predicted molar refractivity (Wildman–Crippen MR) is 77.8 cm³/mol. The Hall–Kier alpha value is -1.66. The molecule has 0 spiro atoms. The smallest absolute Gasteiger partial charge is 0.292 e. The molecular weight excluding hydrogens is 260 g/mol. The maximum atomic E-state index is 11.0. The van der Waals surface area contributed by atoms with Crippen molar-refractivity contribution in [1.29, 1.82) is 0 Å². The van der Waals surface area contributed by atoms with Crippen molar-refractivity contribution < 1.29 is 14.8 Å². The van der Waals surface area contributed by atoms with Crippen LogP contribution in [0.25, 0.3) is 0 Å². The average Bonchev–Trinajstić information content (AvgIpc) is 2.37. The second kappa shape index (κ2) is 6.67. The van der Waals surface area contributed by atoms with Crippen LogP contribution in [0.5, 0.6) is 0 Å². The van der Waals surface area contributed by atoms with E-state index in [9.17, 15) is 10.1 Å². The fourth-order valence-electron chi connectivity index (χ4n) is 1.93. The molecule has 1 aromatic rings. The van der Waals surface area contributed by atoms with Gasteiger partial charge in [-0.3, -0.25) is 10.1 Å². The van der Waals surface area contributed by atoms with Crippen LogP contribution in [0, 0.1) is 15.5 Å². The average molecular weight is 282 g/mol. The van der Waals surface area contributed by atoms with Gasteiger partial charge in [0.05, 0.1) is 17.6 Å². The van der Waals surface area contributed by atoms with Gasteiger partial charge in [0.2, 0.25) is 0 Å². The number of anilines is 1. The molecule has 0 saturated carbocycles. The molecule has 112 valence electrons. The van der Waals surface area contributed by atoms with Crippen molar-refractivity contribution in [3.63, 3.8) is 0 Å². The van der Waals surface area contributed by atoms with Crippen LogP contribution in [0.2, 0.25) is 0 Å². The van der Waals surface area contributed by atoms with Gasteiger partial charge in [-0.1, -0.05) is 20.8 Å². The summed E-state index contributed by atoms with van der Waals surface area (Å²) < 4.78 is 5.41. The molecule has 1 atom stereocenters. The van der Waals surface area contributed by atoms with Crippen molar-refractivity contribution in [2.45, 2.75) is 33.5 Å². The third kappa shape index (κ3) is 4.18. The van der Waals surface area contributed by atoms with Crippen molar-refractivity contribution >= 4 is 11.4 Å². The Morgan fingerprint density at radius 2 is 2.10 bits per heavy atom. The summed E-state index contributed by atoms with van der Waals surface area (Å²) in [6.07, 6.45) is -0.0834. The molecule has 0 bridgehead atoms. The molecule has 0 aliphatic heterocycles. The van der Waals surface area contributed by atoms with E-state index in [2.05, 4.69) is 5.32 Å². The first-order chi connectivity index (χ1) is 9.29. The highest BCUT2D eigenvalue weighted by molar-refractivity contribution is 5.62. The van der Waals surface area contributed by atoms with Crippen molar-refractivity contribution in [3.05, 3.63) is 33.9 Å². The van der Waals surface area contributed by atoms with Gasteiger partial charge in [-0.2, -0.15) is 0 Å². The normalized spacial score (nSPS) is 13.1. The van der Waals surface area contributed by atoms with E-state index in [0.717, 1.165) is 0 Å². The number of aliphatic hydroxyl groups is 1. The fourth-order valence-corrected chi connectivity index (χ4v) is 1.93. The Morgan fingerprint density at radius 3 is 2.55 bits per heavy atom. The number of nitrogens with one attached hydrogen (secondary N) is 1. The van der Waals surface area contributed by atoms with Crippen LogP contribution >= 0.6 is 0 Å². The van der Waals surface area contributed by atoms with Gasteiger partial charge in [0, 0.05) is 19.7 Å². The second-order valence-electron chi connectivity index (χ2n) is 5.74. The fraction of sp³-hybridized carbons (Fsp3) is 0.571. The van der Waals surface area contributed by atoms with E-state index in [-0.39, 0.29) is 23.8 Å². The molecule has 0 amide bonds. The monoisotopic (exact) mass is 282 g/mol. The van der Waals surface area contributed by atoms with E-state index >= 15 is 0 Å². The Balaban J connectivity index is 2.92. The largest absolute Gasteiger partial charge is 0.392 e. The van der Waals surface area contributed by atoms with Gasteiger partial charge in [-0.25, -0.2) is 0 Å². The first-order valence-corrected chi connectivity index (χ1v) is 6.44. The summed E-state index contributed by atoms with van der Waals surface area (Å²) in [7, 11) is 1.62. The number of benzene rings is 1. The Kier molecular flexibility index (Phi) is 5.47. The zero-order valence-corrected chi connectivity index (χ0v) is 12.3. The Labute approximate surface area is 118 Å². The first-order valence-electron chi connectivity index (χ1n) is 6.44. The van der Waals surface area contributed by atoms with Crippen LogP contribution in [0.15, 0.2) is 18.2 Å². The van der Waals surface area contributed by atoms with Crippen LogP contribution in [0.1, 0.15) is 26.3 Å². The highest BCUT2D eigenvalue weighted by atomic mass is 16.6. The zero-order valence-electron chi connectivity index (χ0n) is 12.3.